The van der Waals surface area contributed by atoms with Crippen molar-refractivity contribution in [2.75, 3.05) is 31.1 Å². The molecule has 1 unspecified atom stereocenters. The van der Waals surface area contributed by atoms with Crippen molar-refractivity contribution in [2.45, 2.75) is 12.6 Å². The molecule has 2 N–H and O–H groups in total. The molecule has 1 saturated heterocycles. The monoisotopic (exact) mass is 300 g/mol. The van der Waals surface area contributed by atoms with Crippen molar-refractivity contribution >= 4 is 23.8 Å². The predicted molar refractivity (Wildman–Crippen MR) is 64.1 cm³/mol. The number of carboxylic acid groups (broad SMARTS) is 1. The third-order valence-corrected chi connectivity index (χ3v) is 3.78. The summed E-state index contributed by atoms with van der Waals surface area (Å²) >= 11 is 1.72. The van der Waals surface area contributed by atoms with E-state index < -0.39 is 31.3 Å². The first-order chi connectivity index (χ1) is 8.78. The van der Waals surface area contributed by atoms with Crippen molar-refractivity contribution in [3.05, 3.63) is 0 Å². The fourth-order valence-electron chi connectivity index (χ4n) is 1.67. The topological polar surface area (TPSA) is 69.6 Å². The van der Waals surface area contributed by atoms with E-state index in [0.717, 1.165) is 17.9 Å². The number of nitrogens with one attached hydrogen (secondary N) is 1. The Morgan fingerprint density at radius 3 is 2.58 bits per heavy atom. The maximum Gasteiger partial charge on any atom is 0.406 e. The summed E-state index contributed by atoms with van der Waals surface area (Å²) in [7, 11) is 0. The van der Waals surface area contributed by atoms with Crippen LogP contribution in [-0.4, -0.2) is 59.3 Å². The van der Waals surface area contributed by atoms with E-state index in [-0.39, 0.29) is 17.4 Å². The highest BCUT2D eigenvalue weighted by atomic mass is 32.2. The number of urea groups is 1. The number of rotatable bonds is 5. The zero-order chi connectivity index (χ0) is 14.5. The molecule has 9 heteroatoms. The Bertz CT molecular complexity index is 332. The van der Waals surface area contributed by atoms with Crippen molar-refractivity contribution in [1.29, 1.82) is 0 Å². The SMILES string of the molecule is O=C(O)CN(CC(F)(F)F)C(=O)NCC1CCSC1. The second-order valence-corrected chi connectivity index (χ2v) is 5.43. The van der Waals surface area contributed by atoms with Crippen LogP contribution in [0.2, 0.25) is 0 Å². The molecular formula is C10H15F3N2O3S. The van der Waals surface area contributed by atoms with Crippen LogP contribution in [0, 0.1) is 5.92 Å². The maximum absolute atomic E-state index is 12.2. The number of carboxylic acids is 1. The van der Waals surface area contributed by atoms with Crippen LogP contribution in [0.4, 0.5) is 18.0 Å². The van der Waals surface area contributed by atoms with Gasteiger partial charge in [0.2, 0.25) is 0 Å². The minimum atomic E-state index is -4.62. The van der Waals surface area contributed by atoms with Gasteiger partial charge in [0.05, 0.1) is 0 Å². The van der Waals surface area contributed by atoms with Gasteiger partial charge in [0, 0.05) is 6.54 Å². The van der Waals surface area contributed by atoms with Crippen molar-refractivity contribution in [3.8, 4) is 0 Å². The summed E-state index contributed by atoms with van der Waals surface area (Å²) in [6.07, 6.45) is -3.71. The van der Waals surface area contributed by atoms with Crippen LogP contribution >= 0.6 is 11.8 Å². The minimum Gasteiger partial charge on any atom is -0.480 e. The van der Waals surface area contributed by atoms with Crippen LogP contribution in [0.25, 0.3) is 0 Å². The molecule has 2 amide bonds. The number of amides is 2. The molecule has 0 bridgehead atoms. The Morgan fingerprint density at radius 1 is 1.42 bits per heavy atom. The van der Waals surface area contributed by atoms with E-state index in [4.69, 9.17) is 5.11 Å². The molecule has 1 heterocycles. The maximum atomic E-state index is 12.2. The summed E-state index contributed by atoms with van der Waals surface area (Å²) in [5, 5.41) is 10.9. The number of thioether (sulfide) groups is 1. The van der Waals surface area contributed by atoms with Gasteiger partial charge in [-0.1, -0.05) is 0 Å². The fraction of sp³-hybridized carbons (Fsp3) is 0.800. The van der Waals surface area contributed by atoms with Crippen LogP contribution in [-0.2, 0) is 4.79 Å². The zero-order valence-corrected chi connectivity index (χ0v) is 10.9. The Kier molecular flexibility index (Phi) is 5.77. The van der Waals surface area contributed by atoms with Gasteiger partial charge < -0.3 is 15.3 Å². The van der Waals surface area contributed by atoms with Gasteiger partial charge >= 0.3 is 18.2 Å². The summed E-state index contributed by atoms with van der Waals surface area (Å²) in [6.45, 7) is -2.25. The molecule has 0 spiro atoms. The molecule has 0 saturated carbocycles. The van der Waals surface area contributed by atoms with E-state index in [1.54, 1.807) is 11.8 Å². The molecule has 110 valence electrons. The standard InChI is InChI=1S/C10H15F3N2O3S/c11-10(12,13)6-15(4-8(16)17)9(18)14-3-7-1-2-19-5-7/h7H,1-6H2,(H,14,18)(H,16,17). The highest BCUT2D eigenvalue weighted by molar-refractivity contribution is 7.99. The fourth-order valence-corrected chi connectivity index (χ4v) is 2.95. The first-order valence-corrected chi connectivity index (χ1v) is 6.82. The van der Waals surface area contributed by atoms with Gasteiger partial charge in [-0.25, -0.2) is 4.79 Å². The molecule has 1 atom stereocenters. The summed E-state index contributed by atoms with van der Waals surface area (Å²) < 4.78 is 36.7. The van der Waals surface area contributed by atoms with E-state index in [2.05, 4.69) is 5.32 Å². The lowest BCUT2D eigenvalue weighted by Gasteiger charge is -2.23. The smallest absolute Gasteiger partial charge is 0.406 e. The Balaban J connectivity index is 2.47. The average molecular weight is 300 g/mol. The summed E-state index contributed by atoms with van der Waals surface area (Å²) in [5.74, 6) is 0.600. The van der Waals surface area contributed by atoms with Crippen LogP contribution in [0.1, 0.15) is 6.42 Å². The number of carbonyl (C=O) groups excluding carboxylic acids is 1. The number of alkyl halides is 3. The van der Waals surface area contributed by atoms with Gasteiger partial charge in [0.1, 0.15) is 13.1 Å². The third-order valence-electron chi connectivity index (χ3n) is 2.55. The molecule has 0 aromatic carbocycles. The van der Waals surface area contributed by atoms with Gasteiger partial charge in [-0.15, -0.1) is 0 Å². The molecule has 0 aliphatic carbocycles. The third kappa shape index (κ3) is 6.55. The molecule has 19 heavy (non-hydrogen) atoms. The van der Waals surface area contributed by atoms with Crippen molar-refractivity contribution in [3.63, 3.8) is 0 Å². The molecule has 0 aromatic rings. The van der Waals surface area contributed by atoms with E-state index in [1.165, 1.54) is 0 Å². The quantitative estimate of drug-likeness (QED) is 0.805. The van der Waals surface area contributed by atoms with Crippen LogP contribution in [0.3, 0.4) is 0 Å². The number of halogens is 3. The molecule has 0 radical (unpaired) electrons. The number of aliphatic carboxylic acids is 1. The van der Waals surface area contributed by atoms with E-state index in [0.29, 0.717) is 0 Å². The second-order valence-electron chi connectivity index (χ2n) is 4.28. The molecule has 1 fully saturated rings. The van der Waals surface area contributed by atoms with Gasteiger partial charge in [0.25, 0.3) is 0 Å². The summed E-state index contributed by atoms with van der Waals surface area (Å²) in [6, 6.07) is -0.989. The number of hydrogen-bond donors (Lipinski definition) is 2. The summed E-state index contributed by atoms with van der Waals surface area (Å²) in [5.41, 5.74) is 0. The molecular weight excluding hydrogens is 285 g/mol. The Hall–Kier alpha value is -1.12. The van der Waals surface area contributed by atoms with Crippen LogP contribution < -0.4 is 5.32 Å². The Labute approximate surface area is 112 Å². The van der Waals surface area contributed by atoms with Crippen LogP contribution in [0.15, 0.2) is 0 Å². The minimum absolute atomic E-state index is 0.242. The van der Waals surface area contributed by atoms with Crippen LogP contribution in [0.5, 0.6) is 0 Å². The number of nitrogens with zero attached hydrogens (tertiary/aromatic N) is 1. The molecule has 0 aromatic heterocycles. The molecule has 1 rings (SSSR count). The average Bonchev–Trinajstić information content (AvgIpc) is 2.75. The molecule has 5 nitrogen and oxygen atoms in total. The number of hydrogen-bond acceptors (Lipinski definition) is 3. The van der Waals surface area contributed by atoms with Gasteiger partial charge in [0.15, 0.2) is 0 Å². The van der Waals surface area contributed by atoms with Gasteiger partial charge in [-0.3, -0.25) is 4.79 Å². The predicted octanol–water partition coefficient (Wildman–Crippen LogP) is 1.40. The first-order valence-electron chi connectivity index (χ1n) is 5.67. The van der Waals surface area contributed by atoms with Crippen molar-refractivity contribution in [2.24, 2.45) is 5.92 Å². The number of carbonyl (C=O) groups is 2. The summed E-state index contributed by atoms with van der Waals surface area (Å²) in [4.78, 5) is 22.3. The van der Waals surface area contributed by atoms with E-state index in [9.17, 15) is 22.8 Å². The normalized spacial score (nSPS) is 19.2. The van der Waals surface area contributed by atoms with Gasteiger partial charge in [-0.05, 0) is 23.8 Å². The lowest BCUT2D eigenvalue weighted by atomic mass is 10.1. The first kappa shape index (κ1) is 15.9. The van der Waals surface area contributed by atoms with Gasteiger partial charge in [-0.2, -0.15) is 24.9 Å². The lowest BCUT2D eigenvalue weighted by molar-refractivity contribution is -0.148. The zero-order valence-electron chi connectivity index (χ0n) is 10.1. The highest BCUT2D eigenvalue weighted by Gasteiger charge is 2.34. The van der Waals surface area contributed by atoms with E-state index in [1.807, 2.05) is 0 Å². The highest BCUT2D eigenvalue weighted by Crippen LogP contribution is 2.22. The molecule has 1 aliphatic heterocycles. The molecule has 1 aliphatic rings. The van der Waals surface area contributed by atoms with E-state index >= 15 is 0 Å². The van der Waals surface area contributed by atoms with Crippen molar-refractivity contribution < 1.29 is 27.9 Å². The lowest BCUT2D eigenvalue weighted by Crippen LogP contribution is -2.48. The largest absolute Gasteiger partial charge is 0.480 e. The van der Waals surface area contributed by atoms with Crippen molar-refractivity contribution in [1.82, 2.24) is 10.2 Å². The Morgan fingerprint density at radius 2 is 2.11 bits per heavy atom. The second kappa shape index (κ2) is 6.88.